The predicted octanol–water partition coefficient (Wildman–Crippen LogP) is 1.65. The Labute approximate surface area is 98.4 Å². The van der Waals surface area contributed by atoms with Crippen LogP contribution in [0.2, 0.25) is 0 Å². The zero-order chi connectivity index (χ0) is 12.4. The number of rotatable bonds is 2. The van der Waals surface area contributed by atoms with Crippen LogP contribution in [-0.2, 0) is 0 Å². The maximum absolute atomic E-state index is 13.4. The Morgan fingerprint density at radius 3 is 2.76 bits per heavy atom. The monoisotopic (exact) mass is 256 g/mol. The molecule has 0 saturated carbocycles. The number of hydrogen-bond donors (Lipinski definition) is 2. The summed E-state index contributed by atoms with van der Waals surface area (Å²) in [4.78, 5) is 11.8. The summed E-state index contributed by atoms with van der Waals surface area (Å²) in [5.41, 5.74) is 4.96. The van der Waals surface area contributed by atoms with E-state index in [0.717, 1.165) is 17.6 Å². The molecule has 2 rings (SSSR count). The molecular formula is C9H6F2N4OS. The molecule has 0 spiro atoms. The number of amides is 1. The summed E-state index contributed by atoms with van der Waals surface area (Å²) < 4.78 is 29.6. The number of anilines is 2. The molecule has 0 fully saturated rings. The Morgan fingerprint density at radius 2 is 2.18 bits per heavy atom. The molecule has 1 aromatic heterocycles. The van der Waals surface area contributed by atoms with Gasteiger partial charge in [0, 0.05) is 6.07 Å². The van der Waals surface area contributed by atoms with Crippen molar-refractivity contribution < 1.29 is 13.6 Å². The van der Waals surface area contributed by atoms with Gasteiger partial charge < -0.3 is 11.1 Å². The minimum Gasteiger partial charge on any atom is -0.397 e. The number of benzene rings is 1. The molecule has 88 valence electrons. The van der Waals surface area contributed by atoms with E-state index in [9.17, 15) is 13.6 Å². The highest BCUT2D eigenvalue weighted by Gasteiger charge is 2.15. The van der Waals surface area contributed by atoms with Gasteiger partial charge in [-0.25, -0.2) is 8.78 Å². The van der Waals surface area contributed by atoms with Gasteiger partial charge in [-0.05, 0) is 17.6 Å². The molecule has 0 atom stereocenters. The van der Waals surface area contributed by atoms with Gasteiger partial charge in [0.15, 0.2) is 5.82 Å². The molecule has 1 amide bonds. The van der Waals surface area contributed by atoms with Crippen molar-refractivity contribution in [3.63, 3.8) is 0 Å². The molecule has 1 aromatic carbocycles. The van der Waals surface area contributed by atoms with E-state index in [-0.39, 0.29) is 16.3 Å². The average Bonchev–Trinajstić information content (AvgIpc) is 2.76. The SMILES string of the molecule is Nc1cc(F)cc(F)c1NC(=O)c1cnns1. The Kier molecular flexibility index (Phi) is 2.96. The largest absolute Gasteiger partial charge is 0.397 e. The number of nitrogen functional groups attached to an aromatic ring is 1. The first-order valence-electron chi connectivity index (χ1n) is 4.41. The van der Waals surface area contributed by atoms with Crippen LogP contribution in [0.15, 0.2) is 18.3 Å². The Balaban J connectivity index is 2.28. The molecule has 0 radical (unpaired) electrons. The molecule has 0 bridgehead atoms. The second-order valence-corrected chi connectivity index (χ2v) is 3.87. The van der Waals surface area contributed by atoms with Crippen molar-refractivity contribution in [2.24, 2.45) is 0 Å². The van der Waals surface area contributed by atoms with Crippen molar-refractivity contribution >= 4 is 28.8 Å². The number of carbonyl (C=O) groups is 1. The number of nitrogens with one attached hydrogen (secondary N) is 1. The predicted molar refractivity (Wildman–Crippen MR) is 58.6 cm³/mol. The van der Waals surface area contributed by atoms with E-state index in [2.05, 4.69) is 14.9 Å². The Hall–Kier alpha value is -2.09. The number of carbonyl (C=O) groups excluding carboxylic acids is 1. The first-order valence-corrected chi connectivity index (χ1v) is 5.18. The summed E-state index contributed by atoms with van der Waals surface area (Å²) in [5.74, 6) is -2.34. The average molecular weight is 256 g/mol. The molecule has 2 aromatic rings. The smallest absolute Gasteiger partial charge is 0.269 e. The number of aromatic nitrogens is 2. The van der Waals surface area contributed by atoms with Gasteiger partial charge in [0.25, 0.3) is 5.91 Å². The lowest BCUT2D eigenvalue weighted by Gasteiger charge is -2.07. The fourth-order valence-electron chi connectivity index (χ4n) is 1.17. The highest BCUT2D eigenvalue weighted by atomic mass is 32.1. The third kappa shape index (κ3) is 2.36. The van der Waals surface area contributed by atoms with Crippen LogP contribution in [-0.4, -0.2) is 15.5 Å². The van der Waals surface area contributed by atoms with Gasteiger partial charge in [-0.3, -0.25) is 4.79 Å². The normalized spacial score (nSPS) is 10.2. The van der Waals surface area contributed by atoms with Gasteiger partial charge in [0.1, 0.15) is 16.4 Å². The first kappa shape index (κ1) is 11.4. The van der Waals surface area contributed by atoms with Gasteiger partial charge >= 0.3 is 0 Å². The molecule has 1 heterocycles. The fourth-order valence-corrected chi connectivity index (χ4v) is 1.58. The van der Waals surface area contributed by atoms with Crippen LogP contribution in [0.3, 0.4) is 0 Å². The zero-order valence-electron chi connectivity index (χ0n) is 8.28. The van der Waals surface area contributed by atoms with Crippen molar-refractivity contribution in [3.05, 3.63) is 34.8 Å². The van der Waals surface area contributed by atoms with E-state index in [1.807, 2.05) is 0 Å². The Bertz CT molecular complexity index is 535. The van der Waals surface area contributed by atoms with Crippen LogP contribution in [0.25, 0.3) is 0 Å². The fraction of sp³-hybridized carbons (Fsp3) is 0. The molecule has 0 saturated heterocycles. The number of hydrogen-bond acceptors (Lipinski definition) is 5. The quantitative estimate of drug-likeness (QED) is 0.800. The van der Waals surface area contributed by atoms with Crippen molar-refractivity contribution in [1.29, 1.82) is 0 Å². The maximum atomic E-state index is 13.4. The van der Waals surface area contributed by atoms with Crippen LogP contribution in [0, 0.1) is 11.6 Å². The number of halogens is 2. The lowest BCUT2D eigenvalue weighted by atomic mass is 10.2. The minimum atomic E-state index is -0.937. The molecule has 0 aliphatic rings. The number of nitrogens with two attached hydrogens (primary N) is 1. The van der Waals surface area contributed by atoms with E-state index in [1.54, 1.807) is 0 Å². The highest BCUT2D eigenvalue weighted by Crippen LogP contribution is 2.24. The lowest BCUT2D eigenvalue weighted by molar-refractivity contribution is 0.103. The third-order valence-corrected chi connectivity index (χ3v) is 2.57. The molecule has 5 nitrogen and oxygen atoms in total. The summed E-state index contributed by atoms with van der Waals surface area (Å²) in [6.07, 6.45) is 1.23. The van der Waals surface area contributed by atoms with Crippen molar-refractivity contribution in [2.75, 3.05) is 11.1 Å². The van der Waals surface area contributed by atoms with Gasteiger partial charge in [0.2, 0.25) is 0 Å². The Morgan fingerprint density at radius 1 is 1.41 bits per heavy atom. The lowest BCUT2D eigenvalue weighted by Crippen LogP contribution is -2.13. The maximum Gasteiger partial charge on any atom is 0.269 e. The topological polar surface area (TPSA) is 80.9 Å². The second kappa shape index (κ2) is 4.42. The van der Waals surface area contributed by atoms with Crippen molar-refractivity contribution in [1.82, 2.24) is 9.59 Å². The van der Waals surface area contributed by atoms with Crippen LogP contribution >= 0.6 is 11.5 Å². The molecule has 8 heteroatoms. The van der Waals surface area contributed by atoms with Crippen LogP contribution < -0.4 is 11.1 Å². The van der Waals surface area contributed by atoms with E-state index in [4.69, 9.17) is 5.73 Å². The van der Waals surface area contributed by atoms with Gasteiger partial charge in [0.05, 0.1) is 11.9 Å². The number of nitrogens with zero attached hydrogens (tertiary/aromatic N) is 2. The zero-order valence-corrected chi connectivity index (χ0v) is 9.09. The van der Waals surface area contributed by atoms with E-state index < -0.39 is 17.5 Å². The van der Waals surface area contributed by atoms with Crippen LogP contribution in [0.5, 0.6) is 0 Å². The van der Waals surface area contributed by atoms with Crippen LogP contribution in [0.4, 0.5) is 20.2 Å². The molecular weight excluding hydrogens is 250 g/mol. The molecule has 0 aliphatic carbocycles. The van der Waals surface area contributed by atoms with Crippen LogP contribution in [0.1, 0.15) is 9.67 Å². The first-order chi connectivity index (χ1) is 8.08. The summed E-state index contributed by atoms with van der Waals surface area (Å²) in [6, 6.07) is 1.56. The van der Waals surface area contributed by atoms with Gasteiger partial charge in [-0.1, -0.05) is 4.49 Å². The minimum absolute atomic E-state index is 0.187. The third-order valence-electron chi connectivity index (χ3n) is 1.91. The van der Waals surface area contributed by atoms with E-state index in [0.29, 0.717) is 6.07 Å². The molecule has 0 aliphatic heterocycles. The van der Waals surface area contributed by atoms with Crippen molar-refractivity contribution in [3.8, 4) is 0 Å². The van der Waals surface area contributed by atoms with E-state index >= 15 is 0 Å². The summed E-state index contributed by atoms with van der Waals surface area (Å²) in [5, 5.41) is 5.70. The highest BCUT2D eigenvalue weighted by molar-refractivity contribution is 7.07. The second-order valence-electron chi connectivity index (χ2n) is 3.09. The molecule has 3 N–H and O–H groups in total. The van der Waals surface area contributed by atoms with Gasteiger partial charge in [-0.15, -0.1) is 5.10 Å². The standard InChI is InChI=1S/C9H6F2N4OS/c10-4-1-5(11)8(6(12)2-4)14-9(16)7-3-13-15-17-7/h1-3H,12H2,(H,14,16). The molecule has 17 heavy (non-hydrogen) atoms. The summed E-state index contributed by atoms with van der Waals surface area (Å²) in [7, 11) is 0. The van der Waals surface area contributed by atoms with Gasteiger partial charge in [-0.2, -0.15) is 0 Å². The van der Waals surface area contributed by atoms with Crippen molar-refractivity contribution in [2.45, 2.75) is 0 Å². The molecule has 0 unspecified atom stereocenters. The van der Waals surface area contributed by atoms with E-state index in [1.165, 1.54) is 6.20 Å². The summed E-state index contributed by atoms with van der Waals surface area (Å²) in [6.45, 7) is 0. The summed E-state index contributed by atoms with van der Waals surface area (Å²) >= 11 is 0.855.